The molecule has 0 radical (unpaired) electrons. The number of anilines is 1. The zero-order valence-electron chi connectivity index (χ0n) is 18.5. The van der Waals surface area contributed by atoms with Crippen LogP contribution in [0, 0.1) is 0 Å². The van der Waals surface area contributed by atoms with Gasteiger partial charge in [0.2, 0.25) is 0 Å². The fourth-order valence-corrected chi connectivity index (χ4v) is 4.47. The minimum atomic E-state index is 0.795. The van der Waals surface area contributed by atoms with Crippen molar-refractivity contribution in [2.45, 2.75) is 32.1 Å². The van der Waals surface area contributed by atoms with Gasteiger partial charge in [-0.3, -0.25) is 4.98 Å². The van der Waals surface area contributed by atoms with E-state index in [1.807, 2.05) is 30.6 Å². The molecule has 4 aromatic rings. The summed E-state index contributed by atoms with van der Waals surface area (Å²) in [4.78, 5) is 16.1. The average Bonchev–Trinajstić information content (AvgIpc) is 2.88. The van der Waals surface area contributed by atoms with E-state index in [4.69, 9.17) is 9.72 Å². The molecule has 2 aromatic carbocycles. The Hall–Kier alpha value is -3.47. The van der Waals surface area contributed by atoms with Crippen LogP contribution in [-0.2, 0) is 12.8 Å². The molecule has 2 aromatic heterocycles. The molecule has 1 saturated heterocycles. The highest BCUT2D eigenvalue weighted by Crippen LogP contribution is 2.36. The minimum absolute atomic E-state index is 0.795. The number of piperidine rings is 1. The van der Waals surface area contributed by atoms with Crippen molar-refractivity contribution in [3.05, 3.63) is 78.5 Å². The van der Waals surface area contributed by atoms with Crippen LogP contribution in [0.5, 0.6) is 5.75 Å². The van der Waals surface area contributed by atoms with Crippen molar-refractivity contribution in [1.82, 2.24) is 15.0 Å². The molecule has 0 spiro atoms. The second kappa shape index (κ2) is 9.35. The SMILES string of the molecule is COc1ccc2cc(-c3ccnc(CCc4cccnc4)n3)cc(N3CCCCC3)c2c1. The number of nitrogens with zero attached hydrogens (tertiary/aromatic N) is 4. The first-order valence-electron chi connectivity index (χ1n) is 11.4. The van der Waals surface area contributed by atoms with Crippen LogP contribution in [0.1, 0.15) is 30.7 Å². The lowest BCUT2D eigenvalue weighted by Crippen LogP contribution is -2.29. The van der Waals surface area contributed by atoms with Crippen molar-refractivity contribution in [3.8, 4) is 17.0 Å². The Balaban J connectivity index is 1.51. The predicted octanol–water partition coefficient (Wildman–Crippen LogP) is 5.48. The maximum atomic E-state index is 5.52. The van der Waals surface area contributed by atoms with E-state index in [0.29, 0.717) is 0 Å². The van der Waals surface area contributed by atoms with E-state index in [9.17, 15) is 0 Å². The third-order valence-corrected chi connectivity index (χ3v) is 6.20. The van der Waals surface area contributed by atoms with Gasteiger partial charge in [-0.05, 0) is 73.0 Å². The van der Waals surface area contributed by atoms with Gasteiger partial charge in [0.15, 0.2) is 0 Å². The highest BCUT2D eigenvalue weighted by Gasteiger charge is 2.16. The Labute approximate surface area is 189 Å². The third kappa shape index (κ3) is 4.42. The number of methoxy groups -OCH3 is 1. The monoisotopic (exact) mass is 424 g/mol. The number of hydrogen-bond acceptors (Lipinski definition) is 5. The van der Waals surface area contributed by atoms with Gasteiger partial charge in [0, 0.05) is 54.7 Å². The highest BCUT2D eigenvalue weighted by molar-refractivity contribution is 5.98. The summed E-state index contributed by atoms with van der Waals surface area (Å²) in [6.45, 7) is 2.19. The number of hydrogen-bond donors (Lipinski definition) is 0. The summed E-state index contributed by atoms with van der Waals surface area (Å²) in [7, 11) is 1.73. The molecule has 162 valence electrons. The molecule has 5 heteroatoms. The van der Waals surface area contributed by atoms with Crippen LogP contribution in [0.3, 0.4) is 0 Å². The van der Waals surface area contributed by atoms with Gasteiger partial charge in [-0.25, -0.2) is 9.97 Å². The second-order valence-corrected chi connectivity index (χ2v) is 8.35. The van der Waals surface area contributed by atoms with Crippen LogP contribution < -0.4 is 9.64 Å². The molecule has 5 nitrogen and oxygen atoms in total. The second-order valence-electron chi connectivity index (χ2n) is 8.35. The highest BCUT2D eigenvalue weighted by atomic mass is 16.5. The number of pyridine rings is 1. The lowest BCUT2D eigenvalue weighted by molar-refractivity contribution is 0.415. The van der Waals surface area contributed by atoms with Gasteiger partial charge in [-0.2, -0.15) is 0 Å². The van der Waals surface area contributed by atoms with Crippen LogP contribution in [0.2, 0.25) is 0 Å². The van der Waals surface area contributed by atoms with Crippen LogP contribution in [0.25, 0.3) is 22.0 Å². The van der Waals surface area contributed by atoms with E-state index < -0.39 is 0 Å². The summed E-state index contributed by atoms with van der Waals surface area (Å²) < 4.78 is 5.52. The van der Waals surface area contributed by atoms with Gasteiger partial charge in [0.05, 0.1) is 12.8 Å². The largest absolute Gasteiger partial charge is 0.497 e. The number of aromatic nitrogens is 3. The first kappa shape index (κ1) is 20.4. The molecule has 0 aliphatic carbocycles. The number of benzene rings is 2. The number of ether oxygens (including phenoxy) is 1. The summed E-state index contributed by atoms with van der Waals surface area (Å²) in [5.41, 5.74) is 4.57. The van der Waals surface area contributed by atoms with Gasteiger partial charge >= 0.3 is 0 Å². The van der Waals surface area contributed by atoms with Crippen LogP contribution >= 0.6 is 0 Å². The third-order valence-electron chi connectivity index (χ3n) is 6.20. The summed E-state index contributed by atoms with van der Waals surface area (Å²) in [6.07, 6.45) is 11.0. The van der Waals surface area contributed by atoms with Crippen molar-refractivity contribution in [1.29, 1.82) is 0 Å². The zero-order chi connectivity index (χ0) is 21.8. The molecule has 3 heterocycles. The Morgan fingerprint density at radius 1 is 0.938 bits per heavy atom. The molecule has 0 unspecified atom stereocenters. The number of fused-ring (bicyclic) bond motifs is 1. The van der Waals surface area contributed by atoms with Gasteiger partial charge in [0.1, 0.15) is 11.6 Å². The molecule has 1 aliphatic heterocycles. The Kier molecular flexibility index (Phi) is 5.97. The lowest BCUT2D eigenvalue weighted by atomic mass is 10.00. The Morgan fingerprint density at radius 3 is 2.66 bits per heavy atom. The zero-order valence-corrected chi connectivity index (χ0v) is 18.5. The van der Waals surface area contributed by atoms with Crippen LogP contribution in [-0.4, -0.2) is 35.2 Å². The van der Waals surface area contributed by atoms with E-state index in [2.05, 4.69) is 45.2 Å². The fraction of sp³-hybridized carbons (Fsp3) is 0.296. The van der Waals surface area contributed by atoms with Crippen molar-refractivity contribution in [2.24, 2.45) is 0 Å². The molecule has 0 N–H and O–H groups in total. The van der Waals surface area contributed by atoms with Crippen molar-refractivity contribution in [3.63, 3.8) is 0 Å². The molecule has 0 saturated carbocycles. The van der Waals surface area contributed by atoms with Crippen molar-refractivity contribution in [2.75, 3.05) is 25.1 Å². The predicted molar refractivity (Wildman–Crippen MR) is 129 cm³/mol. The van der Waals surface area contributed by atoms with E-state index in [-0.39, 0.29) is 0 Å². The molecule has 0 atom stereocenters. The van der Waals surface area contributed by atoms with E-state index in [1.54, 1.807) is 13.3 Å². The van der Waals surface area contributed by atoms with Crippen molar-refractivity contribution >= 4 is 16.5 Å². The molecule has 1 fully saturated rings. The number of aryl methyl sites for hydroxylation is 2. The smallest absolute Gasteiger partial charge is 0.129 e. The van der Waals surface area contributed by atoms with E-state index in [0.717, 1.165) is 48.8 Å². The molecule has 32 heavy (non-hydrogen) atoms. The molecular formula is C27H28N4O. The fourth-order valence-electron chi connectivity index (χ4n) is 4.47. The quantitative estimate of drug-likeness (QED) is 0.410. The lowest BCUT2D eigenvalue weighted by Gasteiger charge is -2.30. The van der Waals surface area contributed by atoms with E-state index >= 15 is 0 Å². The maximum absolute atomic E-state index is 5.52. The first-order chi connectivity index (χ1) is 15.8. The van der Waals surface area contributed by atoms with Gasteiger partial charge in [-0.1, -0.05) is 12.1 Å². The standard InChI is InChI=1S/C27H28N4O/c1-32-23-9-8-21-16-22(17-26(24(21)18-23)31-14-3-2-4-15-31)25-11-13-29-27(30-25)10-7-20-6-5-12-28-19-20/h5-6,8-9,11-13,16-19H,2-4,7,10,14-15H2,1H3. The first-order valence-corrected chi connectivity index (χ1v) is 11.4. The number of rotatable bonds is 6. The van der Waals surface area contributed by atoms with E-state index in [1.165, 1.54) is 41.3 Å². The maximum Gasteiger partial charge on any atom is 0.129 e. The normalized spacial score (nSPS) is 14.0. The Morgan fingerprint density at radius 2 is 1.84 bits per heavy atom. The Bertz CT molecular complexity index is 1200. The topological polar surface area (TPSA) is 51.1 Å². The molecule has 5 rings (SSSR count). The van der Waals surface area contributed by atoms with Gasteiger partial charge in [-0.15, -0.1) is 0 Å². The molecular weight excluding hydrogens is 396 g/mol. The molecule has 0 amide bonds. The average molecular weight is 425 g/mol. The summed E-state index contributed by atoms with van der Waals surface area (Å²) in [6, 6.07) is 16.9. The summed E-state index contributed by atoms with van der Waals surface area (Å²) in [5.74, 6) is 1.75. The van der Waals surface area contributed by atoms with Crippen LogP contribution in [0.4, 0.5) is 5.69 Å². The van der Waals surface area contributed by atoms with Gasteiger partial charge < -0.3 is 9.64 Å². The molecule has 1 aliphatic rings. The van der Waals surface area contributed by atoms with Crippen LogP contribution in [0.15, 0.2) is 67.1 Å². The van der Waals surface area contributed by atoms with Crippen molar-refractivity contribution < 1.29 is 4.74 Å². The minimum Gasteiger partial charge on any atom is -0.497 e. The summed E-state index contributed by atoms with van der Waals surface area (Å²) >= 11 is 0. The molecule has 0 bridgehead atoms. The summed E-state index contributed by atoms with van der Waals surface area (Å²) in [5, 5.41) is 2.44. The van der Waals surface area contributed by atoms with Gasteiger partial charge in [0.25, 0.3) is 0 Å².